The van der Waals surface area contributed by atoms with Crippen LogP contribution in [0.15, 0.2) is 18.2 Å². The second kappa shape index (κ2) is 6.86. The molecule has 0 aliphatic heterocycles. The Kier molecular flexibility index (Phi) is 5.45. The van der Waals surface area contributed by atoms with Crippen molar-refractivity contribution in [1.29, 1.82) is 0 Å². The Balaban J connectivity index is 2.82. The van der Waals surface area contributed by atoms with Crippen LogP contribution in [0, 0.1) is 0 Å². The van der Waals surface area contributed by atoms with Crippen molar-refractivity contribution in [3.8, 4) is 0 Å². The Hall–Kier alpha value is -1.75. The lowest BCUT2D eigenvalue weighted by Crippen LogP contribution is -2.28. The summed E-state index contributed by atoms with van der Waals surface area (Å²) in [5, 5.41) is 5.84. The zero-order valence-electron chi connectivity index (χ0n) is 11.3. The molecule has 0 aliphatic rings. The predicted molar refractivity (Wildman–Crippen MR) is 76.1 cm³/mol. The molecule has 0 saturated heterocycles. The van der Waals surface area contributed by atoms with Crippen LogP contribution in [0.5, 0.6) is 0 Å². The van der Waals surface area contributed by atoms with Crippen LogP contribution in [0.2, 0.25) is 0 Å². The van der Waals surface area contributed by atoms with Gasteiger partial charge in [-0.3, -0.25) is 4.79 Å². The Morgan fingerprint density at radius 1 is 1.44 bits per heavy atom. The molecule has 5 nitrogen and oxygen atoms in total. The van der Waals surface area contributed by atoms with E-state index in [1.807, 2.05) is 27.1 Å². The topological polar surface area (TPSA) is 70.4 Å². The number of nitrogen functional groups attached to an aromatic ring is 1. The van der Waals surface area contributed by atoms with Crippen molar-refractivity contribution in [2.45, 2.75) is 6.92 Å². The summed E-state index contributed by atoms with van der Waals surface area (Å²) in [5.74, 6) is -0.0892. The summed E-state index contributed by atoms with van der Waals surface area (Å²) in [5.41, 5.74) is 8.15. The number of rotatable bonds is 6. The molecular weight excluding hydrogens is 228 g/mol. The smallest absolute Gasteiger partial charge is 0.251 e. The fourth-order valence-corrected chi connectivity index (χ4v) is 1.71. The molecule has 0 bridgehead atoms. The minimum atomic E-state index is -0.0892. The molecule has 0 spiro atoms. The fraction of sp³-hybridized carbons (Fsp3) is 0.462. The average Bonchev–Trinajstić information content (AvgIpc) is 2.36. The molecule has 0 fully saturated rings. The third-order valence-corrected chi connectivity index (χ3v) is 2.74. The number of hydrogen-bond donors (Lipinski definition) is 3. The van der Waals surface area contributed by atoms with E-state index in [9.17, 15) is 4.79 Å². The normalized spacial score (nSPS) is 10.2. The Morgan fingerprint density at radius 3 is 2.72 bits per heavy atom. The summed E-state index contributed by atoms with van der Waals surface area (Å²) in [6.45, 7) is 4.25. The van der Waals surface area contributed by atoms with Gasteiger partial charge in [-0.15, -0.1) is 0 Å². The van der Waals surface area contributed by atoms with Gasteiger partial charge in [-0.2, -0.15) is 0 Å². The summed E-state index contributed by atoms with van der Waals surface area (Å²) in [7, 11) is 3.89. The fourth-order valence-electron chi connectivity index (χ4n) is 1.71. The van der Waals surface area contributed by atoms with E-state index in [1.165, 1.54) is 0 Å². The first-order valence-electron chi connectivity index (χ1n) is 6.13. The summed E-state index contributed by atoms with van der Waals surface area (Å²) in [4.78, 5) is 13.7. The quantitative estimate of drug-likeness (QED) is 0.649. The molecule has 18 heavy (non-hydrogen) atoms. The molecule has 100 valence electrons. The van der Waals surface area contributed by atoms with Gasteiger partial charge < -0.3 is 21.3 Å². The van der Waals surface area contributed by atoms with Crippen molar-refractivity contribution in [2.75, 3.05) is 44.4 Å². The maximum Gasteiger partial charge on any atom is 0.251 e. The molecule has 5 heteroatoms. The Labute approximate surface area is 108 Å². The molecule has 0 radical (unpaired) electrons. The lowest BCUT2D eigenvalue weighted by molar-refractivity contribution is 0.0956. The first-order valence-corrected chi connectivity index (χ1v) is 6.13. The summed E-state index contributed by atoms with van der Waals surface area (Å²) < 4.78 is 0. The third kappa shape index (κ3) is 3.63. The van der Waals surface area contributed by atoms with Gasteiger partial charge in [0.2, 0.25) is 0 Å². The van der Waals surface area contributed by atoms with E-state index in [4.69, 9.17) is 5.73 Å². The molecule has 0 saturated carbocycles. The molecule has 1 amide bonds. The van der Waals surface area contributed by atoms with E-state index in [2.05, 4.69) is 15.5 Å². The molecular formula is C13H22N4O. The van der Waals surface area contributed by atoms with E-state index >= 15 is 0 Å². The first-order chi connectivity index (χ1) is 8.60. The minimum absolute atomic E-state index is 0.0892. The summed E-state index contributed by atoms with van der Waals surface area (Å²) >= 11 is 0. The van der Waals surface area contributed by atoms with Crippen LogP contribution in [0.3, 0.4) is 0 Å². The molecule has 4 N–H and O–H groups in total. The van der Waals surface area contributed by atoms with Gasteiger partial charge >= 0.3 is 0 Å². The highest BCUT2D eigenvalue weighted by molar-refractivity contribution is 5.96. The lowest BCUT2D eigenvalue weighted by atomic mass is 10.1. The third-order valence-electron chi connectivity index (χ3n) is 2.74. The van der Waals surface area contributed by atoms with Crippen LogP contribution in [-0.4, -0.2) is 39.6 Å². The average molecular weight is 250 g/mol. The molecule has 0 aromatic heterocycles. The highest BCUT2D eigenvalue weighted by Gasteiger charge is 2.09. The minimum Gasteiger partial charge on any atom is -0.397 e. The number of nitrogens with two attached hydrogens (primary N) is 1. The second-order valence-electron chi connectivity index (χ2n) is 4.16. The van der Waals surface area contributed by atoms with E-state index in [1.54, 1.807) is 12.1 Å². The van der Waals surface area contributed by atoms with Gasteiger partial charge in [-0.25, -0.2) is 0 Å². The predicted octanol–water partition coefficient (Wildman–Crippen LogP) is 0.674. The number of amides is 1. The maximum absolute atomic E-state index is 11.7. The van der Waals surface area contributed by atoms with Crippen molar-refractivity contribution in [1.82, 2.24) is 10.6 Å². The van der Waals surface area contributed by atoms with Crippen molar-refractivity contribution in [3.63, 3.8) is 0 Å². The largest absolute Gasteiger partial charge is 0.397 e. The number of nitrogens with zero attached hydrogens (tertiary/aromatic N) is 1. The summed E-state index contributed by atoms with van der Waals surface area (Å²) in [6, 6.07) is 5.40. The number of nitrogens with one attached hydrogen (secondary N) is 2. The molecule has 1 aromatic carbocycles. The highest BCUT2D eigenvalue weighted by atomic mass is 16.1. The van der Waals surface area contributed by atoms with Crippen LogP contribution in [-0.2, 0) is 0 Å². The Bertz CT molecular complexity index is 406. The SMILES string of the molecule is CCNC(=O)c1ccc(N(C)CCNC)c(N)c1. The number of carbonyl (C=O) groups excluding carboxylic acids is 1. The highest BCUT2D eigenvalue weighted by Crippen LogP contribution is 2.23. The number of carbonyl (C=O) groups is 1. The summed E-state index contributed by atoms with van der Waals surface area (Å²) in [6.07, 6.45) is 0. The van der Waals surface area contributed by atoms with E-state index in [0.29, 0.717) is 17.8 Å². The van der Waals surface area contributed by atoms with Crippen LogP contribution in [0.1, 0.15) is 17.3 Å². The number of likely N-dealkylation sites (N-methyl/N-ethyl adjacent to an activating group) is 2. The van der Waals surface area contributed by atoms with Crippen molar-refractivity contribution >= 4 is 17.3 Å². The van der Waals surface area contributed by atoms with Crippen molar-refractivity contribution < 1.29 is 4.79 Å². The van der Waals surface area contributed by atoms with Crippen LogP contribution in [0.25, 0.3) is 0 Å². The van der Waals surface area contributed by atoms with Gasteiger partial charge in [0.25, 0.3) is 5.91 Å². The molecule has 1 aromatic rings. The zero-order valence-corrected chi connectivity index (χ0v) is 11.3. The maximum atomic E-state index is 11.7. The zero-order chi connectivity index (χ0) is 13.5. The van der Waals surface area contributed by atoms with Gasteiger partial charge in [0.05, 0.1) is 11.4 Å². The van der Waals surface area contributed by atoms with E-state index in [-0.39, 0.29) is 5.91 Å². The number of hydrogen-bond acceptors (Lipinski definition) is 4. The first kappa shape index (κ1) is 14.3. The van der Waals surface area contributed by atoms with Gasteiger partial charge in [-0.1, -0.05) is 0 Å². The second-order valence-corrected chi connectivity index (χ2v) is 4.16. The van der Waals surface area contributed by atoms with Crippen LogP contribution in [0.4, 0.5) is 11.4 Å². The monoisotopic (exact) mass is 250 g/mol. The van der Waals surface area contributed by atoms with Gasteiger partial charge in [0.15, 0.2) is 0 Å². The molecule has 0 unspecified atom stereocenters. The van der Waals surface area contributed by atoms with Gasteiger partial charge in [0.1, 0.15) is 0 Å². The molecule has 0 aliphatic carbocycles. The van der Waals surface area contributed by atoms with Gasteiger partial charge in [-0.05, 0) is 32.2 Å². The van der Waals surface area contributed by atoms with Crippen molar-refractivity contribution in [2.24, 2.45) is 0 Å². The number of anilines is 2. The Morgan fingerprint density at radius 2 is 2.17 bits per heavy atom. The lowest BCUT2D eigenvalue weighted by Gasteiger charge is -2.21. The van der Waals surface area contributed by atoms with Crippen molar-refractivity contribution in [3.05, 3.63) is 23.8 Å². The standard InChI is InChI=1S/C13H22N4O/c1-4-16-13(18)10-5-6-12(11(14)9-10)17(3)8-7-15-2/h5-6,9,15H,4,7-8,14H2,1-3H3,(H,16,18). The number of benzene rings is 1. The molecule has 0 atom stereocenters. The molecule has 1 rings (SSSR count). The molecule has 0 heterocycles. The van der Waals surface area contributed by atoms with E-state index in [0.717, 1.165) is 18.8 Å². The van der Waals surface area contributed by atoms with E-state index < -0.39 is 0 Å². The van der Waals surface area contributed by atoms with Gasteiger partial charge in [0, 0.05) is 32.2 Å². The van der Waals surface area contributed by atoms with Crippen LogP contribution >= 0.6 is 0 Å². The van der Waals surface area contributed by atoms with Crippen LogP contribution < -0.4 is 21.3 Å².